The van der Waals surface area contributed by atoms with Crippen molar-refractivity contribution < 1.29 is 18.9 Å². The molecule has 0 bridgehead atoms. The van der Waals surface area contributed by atoms with Crippen LogP contribution in [-0.4, -0.2) is 22.3 Å². The van der Waals surface area contributed by atoms with Crippen LogP contribution in [0, 0.1) is 0 Å². The van der Waals surface area contributed by atoms with Crippen LogP contribution in [-0.2, 0) is 15.5 Å². The fourth-order valence-corrected chi connectivity index (χ4v) is 3.45. The third-order valence-electron chi connectivity index (χ3n) is 2.47. The molecule has 0 atom stereocenters. The Hall–Kier alpha value is -1.00. The second kappa shape index (κ2) is 4.94. The minimum Gasteiger partial charge on any atom is -0.399 e. The maximum Gasteiger partial charge on any atom is 0.524 e. The summed E-state index contributed by atoms with van der Waals surface area (Å²) < 4.78 is 15.8. The van der Waals surface area contributed by atoms with Crippen LogP contribution in [0.1, 0.15) is 0 Å². The molecule has 2 rings (SSSR count). The van der Waals surface area contributed by atoms with Gasteiger partial charge in [-0.25, -0.2) is 4.57 Å². The summed E-state index contributed by atoms with van der Waals surface area (Å²) in [7, 11) is -4.70. The predicted molar refractivity (Wildman–Crippen MR) is 74.1 cm³/mol. The number of hydrogen-bond acceptors (Lipinski definition) is 2. The lowest BCUT2D eigenvalue weighted by atomic mass is 10.1. The van der Waals surface area contributed by atoms with Gasteiger partial charge in [-0.05, 0) is 17.5 Å². The fourth-order valence-electron chi connectivity index (χ4n) is 1.84. The van der Waals surface area contributed by atoms with E-state index in [9.17, 15) is 4.57 Å². The molecule has 2 N–H and O–H groups in total. The molecule has 4 nitrogen and oxygen atoms in total. The first kappa shape index (κ1) is 13.4. The summed E-state index contributed by atoms with van der Waals surface area (Å²) in [5.74, 6) is 0.260. The molecule has 0 saturated heterocycles. The van der Waals surface area contributed by atoms with Gasteiger partial charge in [0.05, 0.1) is 0 Å². The summed E-state index contributed by atoms with van der Waals surface area (Å²) in [4.78, 5) is 18.7. The van der Waals surface area contributed by atoms with E-state index >= 15 is 0 Å². The Balaban J connectivity index is 2.67. The van der Waals surface area contributed by atoms with Gasteiger partial charge < -0.3 is 4.52 Å². The summed E-state index contributed by atoms with van der Waals surface area (Å²) in [6, 6.07) is 11.1. The topological polar surface area (TPSA) is 66.8 Å². The van der Waals surface area contributed by atoms with Gasteiger partial charge in [-0.2, -0.15) is 0 Å². The molecule has 0 aliphatic rings. The number of benzene rings is 2. The number of fused-ring (bicyclic) bond motifs is 1. The van der Waals surface area contributed by atoms with E-state index in [4.69, 9.17) is 14.3 Å². The standard InChI is InChI=1S/C12H13O4PS/c1-18(2)12-10-6-4-3-5-9(10)7-8-11(12)16-17(13,14)15/h3-8H,1-2H3,(H-,13,14,15)/p+1. The van der Waals surface area contributed by atoms with Crippen LogP contribution in [0.5, 0.6) is 5.75 Å². The van der Waals surface area contributed by atoms with E-state index < -0.39 is 7.82 Å². The molecule has 6 heteroatoms. The van der Waals surface area contributed by atoms with Crippen molar-refractivity contribution in [1.82, 2.24) is 0 Å². The molecular weight excluding hydrogens is 271 g/mol. The highest BCUT2D eigenvalue weighted by Crippen LogP contribution is 2.42. The zero-order valence-electron chi connectivity index (χ0n) is 10.0. The normalized spacial score (nSPS) is 12.1. The first-order valence-electron chi connectivity index (χ1n) is 5.23. The largest absolute Gasteiger partial charge is 0.524 e. The van der Waals surface area contributed by atoms with E-state index in [1.54, 1.807) is 12.1 Å². The van der Waals surface area contributed by atoms with Crippen molar-refractivity contribution in [1.29, 1.82) is 0 Å². The first-order valence-corrected chi connectivity index (χ1v) is 8.80. The van der Waals surface area contributed by atoms with E-state index in [1.807, 2.05) is 36.8 Å². The van der Waals surface area contributed by atoms with Gasteiger partial charge in [0.25, 0.3) is 0 Å². The summed E-state index contributed by atoms with van der Waals surface area (Å²) >= 11 is 0. The van der Waals surface area contributed by atoms with Gasteiger partial charge in [0.1, 0.15) is 12.5 Å². The molecule has 18 heavy (non-hydrogen) atoms. The molecule has 0 spiro atoms. The summed E-state index contributed by atoms with van der Waals surface area (Å²) in [6.07, 6.45) is 3.99. The average molecular weight is 285 g/mol. The predicted octanol–water partition coefficient (Wildman–Crippen LogP) is 2.55. The van der Waals surface area contributed by atoms with Crippen LogP contribution in [0.15, 0.2) is 41.3 Å². The highest BCUT2D eigenvalue weighted by Gasteiger charge is 2.25. The lowest BCUT2D eigenvalue weighted by Gasteiger charge is -2.11. The van der Waals surface area contributed by atoms with Crippen molar-refractivity contribution in [3.8, 4) is 5.75 Å². The van der Waals surface area contributed by atoms with Gasteiger partial charge in [-0.1, -0.05) is 24.3 Å². The smallest absolute Gasteiger partial charge is 0.399 e. The van der Waals surface area contributed by atoms with Crippen LogP contribution >= 0.6 is 7.82 Å². The zero-order valence-corrected chi connectivity index (χ0v) is 11.7. The van der Waals surface area contributed by atoms with Crippen LogP contribution in [0.3, 0.4) is 0 Å². The van der Waals surface area contributed by atoms with Crippen molar-refractivity contribution >= 4 is 29.5 Å². The maximum absolute atomic E-state index is 11.0. The minimum absolute atomic E-state index is 0.168. The van der Waals surface area contributed by atoms with E-state index in [0.29, 0.717) is 0 Å². The van der Waals surface area contributed by atoms with Crippen molar-refractivity contribution in [2.45, 2.75) is 4.90 Å². The highest BCUT2D eigenvalue weighted by molar-refractivity contribution is 7.95. The molecule has 2 aromatic carbocycles. The van der Waals surface area contributed by atoms with E-state index in [-0.39, 0.29) is 16.6 Å². The number of rotatable bonds is 3. The summed E-state index contributed by atoms with van der Waals surface area (Å²) in [6.45, 7) is 0. The lowest BCUT2D eigenvalue weighted by Crippen LogP contribution is -2.02. The van der Waals surface area contributed by atoms with Gasteiger partial charge >= 0.3 is 7.82 Å². The number of phosphoric acid groups is 1. The Kier molecular flexibility index (Phi) is 3.69. The van der Waals surface area contributed by atoms with Crippen LogP contribution in [0.25, 0.3) is 10.8 Å². The van der Waals surface area contributed by atoms with Crippen molar-refractivity contribution in [3.63, 3.8) is 0 Å². The monoisotopic (exact) mass is 285 g/mol. The molecule has 0 amide bonds. The fraction of sp³-hybridized carbons (Fsp3) is 0.167. The minimum atomic E-state index is -4.53. The van der Waals surface area contributed by atoms with Gasteiger partial charge in [0, 0.05) is 16.3 Å². The van der Waals surface area contributed by atoms with Gasteiger partial charge in [0.15, 0.2) is 5.75 Å². The molecule has 0 heterocycles. The van der Waals surface area contributed by atoms with Crippen molar-refractivity contribution in [3.05, 3.63) is 36.4 Å². The Bertz CT molecular complexity index is 621. The molecule has 0 aliphatic heterocycles. The SMILES string of the molecule is C[S+](C)c1c(OP(=O)(O)O)ccc2ccccc12. The van der Waals surface area contributed by atoms with Gasteiger partial charge in [-0.3, -0.25) is 9.79 Å². The molecule has 96 valence electrons. The maximum atomic E-state index is 11.0. The molecule has 0 saturated carbocycles. The van der Waals surface area contributed by atoms with E-state index in [1.165, 1.54) is 0 Å². The Labute approximate surface area is 108 Å². The molecule has 0 unspecified atom stereocenters. The van der Waals surface area contributed by atoms with Crippen LogP contribution < -0.4 is 4.52 Å². The molecule has 2 aromatic rings. The highest BCUT2D eigenvalue weighted by atomic mass is 32.2. The molecule has 0 radical (unpaired) electrons. The van der Waals surface area contributed by atoms with E-state index in [0.717, 1.165) is 15.7 Å². The third kappa shape index (κ3) is 2.87. The summed E-state index contributed by atoms with van der Waals surface area (Å²) in [5, 5.41) is 2.00. The second-order valence-corrected chi connectivity index (χ2v) is 7.22. The number of hydrogen-bond donors (Lipinski definition) is 2. The second-order valence-electron chi connectivity index (χ2n) is 4.01. The quantitative estimate of drug-likeness (QED) is 0.672. The summed E-state index contributed by atoms with van der Waals surface area (Å²) in [5.41, 5.74) is 0. The third-order valence-corrected chi connectivity index (χ3v) is 4.14. The van der Waals surface area contributed by atoms with Gasteiger partial charge in [-0.15, -0.1) is 0 Å². The Morgan fingerprint density at radius 1 is 1.11 bits per heavy atom. The van der Waals surface area contributed by atoms with Crippen LogP contribution in [0.2, 0.25) is 0 Å². The molecule has 0 fully saturated rings. The van der Waals surface area contributed by atoms with E-state index in [2.05, 4.69) is 0 Å². The van der Waals surface area contributed by atoms with Gasteiger partial charge in [0.2, 0.25) is 4.90 Å². The Morgan fingerprint density at radius 2 is 1.78 bits per heavy atom. The molecular formula is C12H14O4PS+. The first-order chi connectivity index (χ1) is 8.38. The van der Waals surface area contributed by atoms with Crippen LogP contribution in [0.4, 0.5) is 0 Å². The molecule has 0 aromatic heterocycles. The molecule has 0 aliphatic carbocycles. The van der Waals surface area contributed by atoms with Crippen molar-refractivity contribution in [2.24, 2.45) is 0 Å². The zero-order chi connectivity index (χ0) is 13.3. The lowest BCUT2D eigenvalue weighted by molar-refractivity contribution is 0.281. The Morgan fingerprint density at radius 3 is 2.39 bits per heavy atom. The average Bonchev–Trinajstić information content (AvgIpc) is 2.26. The number of phosphoric ester groups is 1. The van der Waals surface area contributed by atoms with Crippen molar-refractivity contribution in [2.75, 3.05) is 12.5 Å².